The summed E-state index contributed by atoms with van der Waals surface area (Å²) in [5, 5.41) is 28.1. The number of aromatic amines is 2. The molecule has 10 aromatic carbocycles. The van der Waals surface area contributed by atoms with E-state index in [0.29, 0.717) is 60.7 Å². The van der Waals surface area contributed by atoms with Crippen LogP contribution in [0.4, 0.5) is 73.9 Å². The Morgan fingerprint density at radius 1 is 0.377 bits per heavy atom. The smallest absolute Gasteiger partial charge is 0.292 e. The van der Waals surface area contributed by atoms with Crippen LogP contribution in [0.1, 0.15) is 0 Å². The van der Waals surface area contributed by atoms with Crippen LogP contribution in [0, 0.1) is 44.9 Å². The van der Waals surface area contributed by atoms with Crippen LogP contribution in [-0.2, 0) is 0 Å². The third-order valence-electron chi connectivity index (χ3n) is 22.9. The molecule has 0 unspecified atom stereocenters. The molecule has 0 radical (unpaired) electrons. The van der Waals surface area contributed by atoms with Gasteiger partial charge in [0.1, 0.15) is 70.7 Å². The van der Waals surface area contributed by atoms with Crippen molar-refractivity contribution in [3.63, 3.8) is 0 Å². The first kappa shape index (κ1) is 104. The molecule has 17 rings (SSSR count). The number of benzene rings is 10. The van der Waals surface area contributed by atoms with Crippen molar-refractivity contribution in [2.45, 2.75) is 0 Å². The molecule has 5 aliphatic heterocycles. The minimum atomic E-state index is -0.550. The molecule has 0 aliphatic carbocycles. The number of nitrogen functional groups attached to an aromatic ring is 6. The van der Waals surface area contributed by atoms with Crippen molar-refractivity contribution >= 4 is 108 Å². The van der Waals surface area contributed by atoms with Crippen molar-refractivity contribution < 1.29 is 38.3 Å². The molecule has 0 saturated carbocycles. The summed E-state index contributed by atoms with van der Waals surface area (Å²) in [6.07, 6.45) is 10.3. The number of piperazine rings is 5. The van der Waals surface area contributed by atoms with Crippen molar-refractivity contribution in [1.82, 2.24) is 44.4 Å². The van der Waals surface area contributed by atoms with Crippen LogP contribution in [0.2, 0.25) is 5.02 Å². The van der Waals surface area contributed by atoms with Crippen molar-refractivity contribution in [2.75, 3.05) is 279 Å². The van der Waals surface area contributed by atoms with E-state index in [0.717, 1.165) is 216 Å². The number of imidazole rings is 2. The first-order valence-corrected chi connectivity index (χ1v) is 45.2. The standard InChI is InChI=1S/C21H22N4O.C20H23N7O.C11H16N4O2.2C11H18N4.C10H10O2.C9H11N3O2.C6H5ClN2O2/c1-3-14-26-18-7-4-16(5-8-18)21-22-19-9-6-17(15-20(19)23-21)25-12-10-24(2)11-13-25;1-26-9-11-27(12-10-26)16-4-7-18-19(14-16)24-20(23-18)15-2-5-17(6-3-15)28-13-8-22-25-21;1-13-4-6-14(7-5-13)9-2-3-11(15(16)17)10(12)8-9;2*1-14-4-6-15(7-5-14)9-2-3-10(12)11(13)8-9;1-3-8-12-10-6-4-9(11-2)5-7-10;1-13-8-2-4-9(5-3-8)14-7-6-11-12-10;7-4-1-2-6(9(10)11)5(8)3-4/h1,4-9,15H,10-14H2,2H3,(H,22,23);2-7,14H,8-13H2,1H3,(H,23,24);2-3,8H,4-7,12H2,1H3;2*2-3,8H,4-7,12-13H2,1H3;1,4-7H,8H2,2H3;2-5H,6-7H2,1H3;1-3H,8H2. The summed E-state index contributed by atoms with van der Waals surface area (Å²) in [7, 11) is 13.9. The summed E-state index contributed by atoms with van der Waals surface area (Å²) < 4.78 is 31.4. The molecule has 726 valence electrons. The number of rotatable bonds is 23. The highest BCUT2D eigenvalue weighted by atomic mass is 35.5. The Morgan fingerprint density at radius 3 is 0.942 bits per heavy atom. The predicted octanol–water partition coefficient (Wildman–Crippen LogP) is 14.7. The molecular formula is C99H123ClN28O10. The van der Waals surface area contributed by atoms with E-state index in [-0.39, 0.29) is 29.4 Å². The van der Waals surface area contributed by atoms with E-state index < -0.39 is 9.85 Å². The monoisotopic (exact) mass is 1900 g/mol. The molecule has 138 heavy (non-hydrogen) atoms. The Hall–Kier alpha value is -15.6. The van der Waals surface area contributed by atoms with Crippen LogP contribution in [-0.4, -0.2) is 274 Å². The number of aromatic nitrogens is 4. The lowest BCUT2D eigenvalue weighted by atomic mass is 10.2. The molecule has 5 saturated heterocycles. The fourth-order valence-corrected chi connectivity index (χ4v) is 14.8. The summed E-state index contributed by atoms with van der Waals surface area (Å²) >= 11 is 5.52. The fourth-order valence-electron chi connectivity index (χ4n) is 14.6. The predicted molar refractivity (Wildman–Crippen MR) is 556 cm³/mol. The van der Waals surface area contributed by atoms with Gasteiger partial charge in [-0.25, -0.2) is 9.97 Å². The van der Waals surface area contributed by atoms with Crippen LogP contribution in [0.3, 0.4) is 0 Å². The number of hydrogen-bond donors (Lipinski definition) is 8. The summed E-state index contributed by atoms with van der Waals surface area (Å²) in [5.74, 6) is 11.1. The van der Waals surface area contributed by atoms with Crippen LogP contribution in [0.25, 0.3) is 65.7 Å². The SMILES string of the molecule is C#CCOc1ccc(-c2nc3ccc(N4CCN(C)CC4)cc3[nH]2)cc1.C#CCOc1ccc(OC)cc1.CN1CCN(c2ccc(N)c(N)c2)CC1.CN1CCN(c2ccc(N)c(N)c2)CC1.CN1CCN(c2ccc([N+](=O)[O-])c(N)c2)CC1.CN1CCN(c2ccc3nc(-c4ccc(OCCN=[N+]=[N-])cc4)[nH]c3c2)CC1.COc1ccc(OCCN=[N+]=[N-])cc1.Nc1cc(Cl)ccc1[N+](=O)[O-]. The molecule has 2 aromatic heterocycles. The van der Waals surface area contributed by atoms with Crippen molar-refractivity contribution in [3.8, 4) is 82.0 Å². The number of azide groups is 2. The van der Waals surface area contributed by atoms with E-state index in [2.05, 4.69) is 162 Å². The largest absolute Gasteiger partial charge is 0.497 e. The van der Waals surface area contributed by atoms with Crippen LogP contribution in [0.5, 0.6) is 34.5 Å². The Kier molecular flexibility index (Phi) is 40.9. The van der Waals surface area contributed by atoms with Crippen LogP contribution >= 0.6 is 11.6 Å². The second-order valence-electron chi connectivity index (χ2n) is 32.6. The number of H-pyrrole nitrogens is 2. The maximum atomic E-state index is 10.7. The number of terminal acetylenes is 2. The van der Waals surface area contributed by atoms with Gasteiger partial charge in [0.25, 0.3) is 11.4 Å². The topological polar surface area (TPSA) is 485 Å². The van der Waals surface area contributed by atoms with Crippen LogP contribution in [0.15, 0.2) is 216 Å². The lowest BCUT2D eigenvalue weighted by molar-refractivity contribution is -0.384. The summed E-state index contributed by atoms with van der Waals surface area (Å²) in [4.78, 5) is 64.9. The zero-order valence-corrected chi connectivity index (χ0v) is 79.8. The van der Waals surface area contributed by atoms with Crippen molar-refractivity contribution in [1.29, 1.82) is 0 Å². The van der Waals surface area contributed by atoms with E-state index in [4.69, 9.17) is 108 Å². The fraction of sp³-hybridized carbons (Fsp3) is 0.333. The van der Waals surface area contributed by atoms with Crippen LogP contribution < -0.4 is 87.3 Å². The maximum Gasteiger partial charge on any atom is 0.292 e. The third kappa shape index (κ3) is 32.9. The number of hydrogen-bond acceptors (Lipinski definition) is 30. The van der Waals surface area contributed by atoms with E-state index in [1.165, 1.54) is 47.0 Å². The van der Waals surface area contributed by atoms with Gasteiger partial charge in [-0.3, -0.25) is 20.2 Å². The number of nitro benzene ring substituents is 2. The summed E-state index contributed by atoms with van der Waals surface area (Å²) in [5.41, 5.74) is 64.9. The van der Waals surface area contributed by atoms with E-state index in [9.17, 15) is 20.2 Å². The number of nitro groups is 2. The van der Waals surface area contributed by atoms with Gasteiger partial charge in [0, 0.05) is 197 Å². The first-order chi connectivity index (χ1) is 66.7. The highest BCUT2D eigenvalue weighted by molar-refractivity contribution is 6.31. The Labute approximate surface area is 809 Å². The third-order valence-corrected chi connectivity index (χ3v) is 23.1. The van der Waals surface area contributed by atoms with Gasteiger partial charge in [0.05, 0.1) is 95.2 Å². The highest BCUT2D eigenvalue weighted by Crippen LogP contribution is 2.33. The molecule has 5 aliphatic rings. The number of nitrogens with two attached hydrogens (primary N) is 6. The van der Waals surface area contributed by atoms with Gasteiger partial charge in [-0.1, -0.05) is 33.7 Å². The molecular weight excluding hydrogens is 1780 g/mol. The van der Waals surface area contributed by atoms with Gasteiger partial charge >= 0.3 is 0 Å². The van der Waals surface area contributed by atoms with Gasteiger partial charge in [0.15, 0.2) is 0 Å². The lowest BCUT2D eigenvalue weighted by Crippen LogP contribution is -2.44. The number of nitrogens with zero attached hydrogens (tertiary/aromatic N) is 20. The van der Waals surface area contributed by atoms with Gasteiger partial charge < -0.3 is 122 Å². The van der Waals surface area contributed by atoms with E-state index >= 15 is 0 Å². The average Bonchev–Trinajstić information content (AvgIpc) is 1.66. The molecule has 38 nitrogen and oxygen atoms in total. The molecule has 14 N–H and O–H groups in total. The minimum Gasteiger partial charge on any atom is -0.497 e. The molecule has 7 heterocycles. The maximum absolute atomic E-state index is 10.7. The summed E-state index contributed by atoms with van der Waals surface area (Å²) in [6, 6.07) is 63.6. The summed E-state index contributed by atoms with van der Waals surface area (Å²) in [6.45, 7) is 23.0. The number of likely N-dealkylation sites (N-methyl/N-ethyl adjacent to an activating group) is 5. The quantitative estimate of drug-likeness (QED) is 0.00431. The molecule has 39 heteroatoms. The second kappa shape index (κ2) is 54.1. The molecule has 0 spiro atoms. The highest BCUT2D eigenvalue weighted by Gasteiger charge is 2.23. The number of nitrogens with one attached hydrogen (secondary N) is 2. The number of halogens is 1. The molecule has 5 fully saturated rings. The van der Waals surface area contributed by atoms with Gasteiger partial charge in [0.2, 0.25) is 0 Å². The lowest BCUT2D eigenvalue weighted by Gasteiger charge is -2.34. The van der Waals surface area contributed by atoms with E-state index in [1.54, 1.807) is 38.5 Å². The molecule has 0 atom stereocenters. The first-order valence-electron chi connectivity index (χ1n) is 44.8. The van der Waals surface area contributed by atoms with Gasteiger partial charge in [-0.05, 0) is 240 Å². The van der Waals surface area contributed by atoms with Crippen molar-refractivity contribution in [3.05, 3.63) is 252 Å². The Bertz CT molecular complexity index is 5960. The Balaban J connectivity index is 0.000000166. The van der Waals surface area contributed by atoms with Gasteiger partial charge in [-0.15, -0.1) is 12.8 Å². The number of ether oxygens (including phenoxy) is 6. The second-order valence-corrected chi connectivity index (χ2v) is 33.0. The number of anilines is 11. The normalized spacial score (nSPS) is 14.3. The van der Waals surface area contributed by atoms with E-state index in [1.807, 2.05) is 121 Å². The van der Waals surface area contributed by atoms with Gasteiger partial charge in [-0.2, -0.15) is 0 Å². The zero-order chi connectivity index (χ0) is 98.8. The number of fused-ring (bicyclic) bond motifs is 2. The molecule has 12 aromatic rings. The zero-order valence-electron chi connectivity index (χ0n) is 79.0. The average molecular weight is 1900 g/mol. The minimum absolute atomic E-state index is 0.0251. The van der Waals surface area contributed by atoms with Crippen molar-refractivity contribution in [2.24, 2.45) is 10.2 Å². The molecule has 0 bridgehead atoms. The molecule has 0 amide bonds. The number of methoxy groups -OCH3 is 2. The Morgan fingerprint density at radius 2 is 0.652 bits per heavy atom.